The molecule has 0 atom stereocenters. The lowest BCUT2D eigenvalue weighted by Crippen LogP contribution is -2.39. The van der Waals surface area contributed by atoms with Gasteiger partial charge in [0.2, 0.25) is 5.91 Å². The molecule has 18 heavy (non-hydrogen) atoms. The second kappa shape index (κ2) is 7.11. The van der Waals surface area contributed by atoms with Crippen molar-refractivity contribution in [1.29, 1.82) is 0 Å². The Morgan fingerprint density at radius 1 is 1.33 bits per heavy atom. The molecule has 0 unspecified atom stereocenters. The van der Waals surface area contributed by atoms with Crippen molar-refractivity contribution in [2.75, 3.05) is 13.1 Å². The minimum absolute atomic E-state index is 0.114. The van der Waals surface area contributed by atoms with Gasteiger partial charge in [-0.15, -0.1) is 0 Å². The van der Waals surface area contributed by atoms with Gasteiger partial charge in [0, 0.05) is 30.9 Å². The highest BCUT2D eigenvalue weighted by atomic mass is 16.1. The number of carbonyl (C=O) groups excluding carboxylic acids is 1. The largest absolute Gasteiger partial charge is 0.352 e. The lowest BCUT2D eigenvalue weighted by Gasteiger charge is -2.12. The highest BCUT2D eigenvalue weighted by Gasteiger charge is 2.16. The summed E-state index contributed by atoms with van der Waals surface area (Å²) in [6, 6.07) is 6.30. The van der Waals surface area contributed by atoms with E-state index in [-0.39, 0.29) is 5.91 Å². The summed E-state index contributed by atoms with van der Waals surface area (Å²) < 4.78 is 0. The van der Waals surface area contributed by atoms with Crippen LogP contribution in [0.3, 0.4) is 0 Å². The average molecular weight is 247 g/mol. The zero-order valence-electron chi connectivity index (χ0n) is 10.7. The normalized spacial score (nSPS) is 15.8. The van der Waals surface area contributed by atoms with E-state index < -0.39 is 0 Å². The van der Waals surface area contributed by atoms with Crippen LogP contribution in [0, 0.1) is 0 Å². The van der Waals surface area contributed by atoms with Crippen LogP contribution in [0.15, 0.2) is 24.4 Å². The highest BCUT2D eigenvalue weighted by molar-refractivity contribution is 5.78. The summed E-state index contributed by atoms with van der Waals surface area (Å²) in [6.07, 6.45) is 7.43. The van der Waals surface area contributed by atoms with Gasteiger partial charge in [0.05, 0.1) is 6.54 Å². The van der Waals surface area contributed by atoms with Crippen LogP contribution < -0.4 is 10.6 Å². The van der Waals surface area contributed by atoms with Crippen molar-refractivity contribution >= 4 is 5.91 Å². The summed E-state index contributed by atoms with van der Waals surface area (Å²) in [5.41, 5.74) is 1.06. The number of amides is 1. The predicted molar refractivity (Wildman–Crippen MR) is 71.2 cm³/mol. The van der Waals surface area contributed by atoms with E-state index in [9.17, 15) is 4.79 Å². The lowest BCUT2D eigenvalue weighted by molar-refractivity contribution is -0.120. The zero-order valence-corrected chi connectivity index (χ0v) is 10.7. The van der Waals surface area contributed by atoms with Crippen molar-refractivity contribution in [1.82, 2.24) is 15.6 Å². The number of pyridine rings is 1. The zero-order chi connectivity index (χ0) is 12.6. The fraction of sp³-hybridized carbons (Fsp3) is 0.571. The SMILES string of the molecule is O=C(CNCCc1ccccn1)NC1CCCC1. The van der Waals surface area contributed by atoms with Crippen LogP contribution >= 0.6 is 0 Å². The van der Waals surface area contributed by atoms with E-state index in [1.54, 1.807) is 6.20 Å². The van der Waals surface area contributed by atoms with Gasteiger partial charge >= 0.3 is 0 Å². The molecule has 98 valence electrons. The number of hydrogen-bond acceptors (Lipinski definition) is 3. The molecule has 4 heteroatoms. The molecule has 0 spiro atoms. The van der Waals surface area contributed by atoms with Crippen LogP contribution in [0.25, 0.3) is 0 Å². The molecule has 0 aromatic carbocycles. The second-order valence-electron chi connectivity index (χ2n) is 4.80. The first-order chi connectivity index (χ1) is 8.84. The number of aromatic nitrogens is 1. The van der Waals surface area contributed by atoms with Gasteiger partial charge in [-0.1, -0.05) is 18.9 Å². The Labute approximate surface area is 108 Å². The number of nitrogens with one attached hydrogen (secondary N) is 2. The number of carbonyl (C=O) groups is 1. The molecule has 0 aliphatic heterocycles. The second-order valence-corrected chi connectivity index (χ2v) is 4.80. The van der Waals surface area contributed by atoms with Gasteiger partial charge in [0.1, 0.15) is 0 Å². The lowest BCUT2D eigenvalue weighted by atomic mass is 10.2. The molecule has 1 aromatic heterocycles. The Kier molecular flexibility index (Phi) is 5.15. The van der Waals surface area contributed by atoms with Gasteiger partial charge in [-0.25, -0.2) is 0 Å². The molecule has 0 bridgehead atoms. The molecule has 2 rings (SSSR count). The highest BCUT2D eigenvalue weighted by Crippen LogP contribution is 2.17. The van der Waals surface area contributed by atoms with Crippen molar-refractivity contribution in [3.05, 3.63) is 30.1 Å². The van der Waals surface area contributed by atoms with Gasteiger partial charge in [-0.3, -0.25) is 9.78 Å². The van der Waals surface area contributed by atoms with Crippen LogP contribution in [0.1, 0.15) is 31.4 Å². The fourth-order valence-corrected chi connectivity index (χ4v) is 2.31. The maximum atomic E-state index is 11.6. The molecule has 1 saturated carbocycles. The van der Waals surface area contributed by atoms with E-state index in [1.165, 1.54) is 12.8 Å². The summed E-state index contributed by atoms with van der Waals surface area (Å²) in [5.74, 6) is 0.114. The van der Waals surface area contributed by atoms with E-state index in [2.05, 4.69) is 15.6 Å². The van der Waals surface area contributed by atoms with Crippen LogP contribution in [-0.2, 0) is 11.2 Å². The van der Waals surface area contributed by atoms with E-state index in [0.717, 1.165) is 31.5 Å². The molecule has 1 amide bonds. The first-order valence-corrected chi connectivity index (χ1v) is 6.74. The molecule has 1 aromatic rings. The minimum atomic E-state index is 0.114. The monoisotopic (exact) mass is 247 g/mol. The number of nitrogens with zero attached hydrogens (tertiary/aromatic N) is 1. The van der Waals surface area contributed by atoms with Gasteiger partial charge < -0.3 is 10.6 Å². The molecule has 1 heterocycles. The standard InChI is InChI=1S/C14H21N3O/c18-14(17-13-6-1-2-7-13)11-15-10-8-12-5-3-4-9-16-12/h3-5,9,13,15H,1-2,6-8,10-11H2,(H,17,18). The Morgan fingerprint density at radius 2 is 2.17 bits per heavy atom. The van der Waals surface area contributed by atoms with Crippen molar-refractivity contribution in [2.45, 2.75) is 38.1 Å². The molecular weight excluding hydrogens is 226 g/mol. The summed E-state index contributed by atoms with van der Waals surface area (Å²) in [4.78, 5) is 15.9. The molecule has 0 radical (unpaired) electrons. The van der Waals surface area contributed by atoms with Crippen LogP contribution in [0.2, 0.25) is 0 Å². The maximum Gasteiger partial charge on any atom is 0.234 e. The third-order valence-corrected chi connectivity index (χ3v) is 3.29. The Morgan fingerprint density at radius 3 is 2.89 bits per heavy atom. The Balaban J connectivity index is 1.56. The predicted octanol–water partition coefficient (Wildman–Crippen LogP) is 1.27. The fourth-order valence-electron chi connectivity index (χ4n) is 2.31. The summed E-state index contributed by atoms with van der Waals surface area (Å²) in [5, 5.41) is 6.22. The summed E-state index contributed by atoms with van der Waals surface area (Å²) >= 11 is 0. The van der Waals surface area contributed by atoms with Crippen LogP contribution in [0.5, 0.6) is 0 Å². The van der Waals surface area contributed by atoms with Crippen molar-refractivity contribution in [3.63, 3.8) is 0 Å². The van der Waals surface area contributed by atoms with Crippen molar-refractivity contribution in [2.24, 2.45) is 0 Å². The summed E-state index contributed by atoms with van der Waals surface area (Å²) in [6.45, 7) is 1.19. The van der Waals surface area contributed by atoms with Gasteiger partial charge in [0.25, 0.3) is 0 Å². The van der Waals surface area contributed by atoms with E-state index in [1.807, 2.05) is 18.2 Å². The van der Waals surface area contributed by atoms with Crippen molar-refractivity contribution in [3.8, 4) is 0 Å². The van der Waals surface area contributed by atoms with E-state index in [4.69, 9.17) is 0 Å². The topological polar surface area (TPSA) is 54.0 Å². The van der Waals surface area contributed by atoms with E-state index >= 15 is 0 Å². The first-order valence-electron chi connectivity index (χ1n) is 6.74. The molecular formula is C14H21N3O. The number of rotatable bonds is 6. The van der Waals surface area contributed by atoms with Crippen LogP contribution in [-0.4, -0.2) is 30.0 Å². The van der Waals surface area contributed by atoms with Crippen LogP contribution in [0.4, 0.5) is 0 Å². The minimum Gasteiger partial charge on any atom is -0.352 e. The quantitative estimate of drug-likeness (QED) is 0.744. The van der Waals surface area contributed by atoms with Crippen molar-refractivity contribution < 1.29 is 4.79 Å². The summed E-state index contributed by atoms with van der Waals surface area (Å²) in [7, 11) is 0. The third-order valence-electron chi connectivity index (χ3n) is 3.29. The molecule has 1 aliphatic rings. The van der Waals surface area contributed by atoms with Gasteiger partial charge in [0.15, 0.2) is 0 Å². The van der Waals surface area contributed by atoms with E-state index in [0.29, 0.717) is 12.6 Å². The smallest absolute Gasteiger partial charge is 0.234 e. The number of hydrogen-bond donors (Lipinski definition) is 2. The maximum absolute atomic E-state index is 11.6. The molecule has 4 nitrogen and oxygen atoms in total. The van der Waals surface area contributed by atoms with Gasteiger partial charge in [-0.2, -0.15) is 0 Å². The average Bonchev–Trinajstić information content (AvgIpc) is 2.89. The van der Waals surface area contributed by atoms with Gasteiger partial charge in [-0.05, 0) is 25.0 Å². The molecule has 0 saturated heterocycles. The third kappa shape index (κ3) is 4.45. The Hall–Kier alpha value is -1.42. The Bertz CT molecular complexity index is 361. The first kappa shape index (κ1) is 13.0. The molecule has 2 N–H and O–H groups in total. The molecule has 1 fully saturated rings. The molecule has 1 aliphatic carbocycles.